The van der Waals surface area contributed by atoms with Crippen LogP contribution in [0.5, 0.6) is 0 Å². The maximum atomic E-state index is 13.9. The normalized spacial score (nSPS) is 15.1. The van der Waals surface area contributed by atoms with Crippen LogP contribution >= 0.6 is 0 Å². The second kappa shape index (κ2) is 10.6. The third kappa shape index (κ3) is 6.15. The molecule has 1 saturated heterocycles. The van der Waals surface area contributed by atoms with Crippen molar-refractivity contribution in [2.45, 2.75) is 39.7 Å². The van der Waals surface area contributed by atoms with Crippen molar-refractivity contribution >= 4 is 17.8 Å². The van der Waals surface area contributed by atoms with Crippen LogP contribution in [0.25, 0.3) is 0 Å². The van der Waals surface area contributed by atoms with Gasteiger partial charge in [-0.15, -0.1) is 0 Å². The van der Waals surface area contributed by atoms with Gasteiger partial charge in [-0.1, -0.05) is 18.2 Å². The Labute approximate surface area is 191 Å². The fourth-order valence-electron chi connectivity index (χ4n) is 3.81. The molecule has 0 bridgehead atoms. The van der Waals surface area contributed by atoms with Crippen molar-refractivity contribution in [1.82, 2.24) is 10.2 Å². The molecule has 2 aromatic carbocycles. The average molecular weight is 459 g/mol. The minimum atomic E-state index is -0.914. The molecule has 2 aromatic rings. The number of esters is 1. The van der Waals surface area contributed by atoms with E-state index in [1.54, 1.807) is 0 Å². The zero-order chi connectivity index (χ0) is 24.1. The molecule has 1 aliphatic rings. The molecule has 33 heavy (non-hydrogen) atoms. The quantitative estimate of drug-likeness (QED) is 0.667. The first-order chi connectivity index (χ1) is 15.7. The molecule has 8 heteroatoms. The van der Waals surface area contributed by atoms with Gasteiger partial charge in [0.1, 0.15) is 11.6 Å². The first-order valence-electron chi connectivity index (χ1n) is 10.9. The molecule has 0 radical (unpaired) electrons. The van der Waals surface area contributed by atoms with Crippen LogP contribution in [-0.2, 0) is 14.3 Å². The molecular formula is C25H28F2N2O4. The SMILES string of the molecule is Cc1ccc(C(C)NC(=O)COC(=O)C2CCN(C(=O)c3ccc(F)cc3F)CC2)cc1C. The maximum absolute atomic E-state index is 13.9. The molecule has 1 unspecified atom stereocenters. The number of nitrogens with one attached hydrogen (secondary N) is 1. The standard InChI is InChI=1S/C25H28F2N2O4/c1-15-4-5-19(12-16(15)2)17(3)28-23(30)14-33-25(32)18-8-10-29(11-9-18)24(31)21-7-6-20(26)13-22(21)27/h4-7,12-13,17-18H,8-11,14H2,1-3H3,(H,28,30). The van der Waals surface area contributed by atoms with Gasteiger partial charge in [0.2, 0.25) is 0 Å². The van der Waals surface area contributed by atoms with Crippen LogP contribution in [0.4, 0.5) is 8.78 Å². The Morgan fingerprint density at radius 2 is 1.76 bits per heavy atom. The number of aryl methyl sites for hydroxylation is 2. The zero-order valence-electron chi connectivity index (χ0n) is 19.0. The lowest BCUT2D eigenvalue weighted by atomic mass is 9.96. The van der Waals surface area contributed by atoms with Gasteiger partial charge >= 0.3 is 5.97 Å². The van der Waals surface area contributed by atoms with E-state index in [0.29, 0.717) is 18.9 Å². The first-order valence-corrected chi connectivity index (χ1v) is 10.9. The van der Waals surface area contributed by atoms with Gasteiger partial charge in [-0.05, 0) is 62.4 Å². The molecule has 0 spiro atoms. The number of hydrogen-bond acceptors (Lipinski definition) is 4. The van der Waals surface area contributed by atoms with E-state index < -0.39 is 35.3 Å². The first kappa shape index (κ1) is 24.4. The van der Waals surface area contributed by atoms with E-state index in [4.69, 9.17) is 4.74 Å². The lowest BCUT2D eigenvalue weighted by molar-refractivity contribution is -0.154. The molecule has 3 rings (SSSR count). The van der Waals surface area contributed by atoms with Crippen LogP contribution in [0, 0.1) is 31.4 Å². The van der Waals surface area contributed by atoms with Gasteiger partial charge in [-0.2, -0.15) is 0 Å². The lowest BCUT2D eigenvalue weighted by Gasteiger charge is -2.31. The van der Waals surface area contributed by atoms with Gasteiger partial charge in [-0.25, -0.2) is 8.78 Å². The number of nitrogens with zero attached hydrogens (tertiary/aromatic N) is 1. The summed E-state index contributed by atoms with van der Waals surface area (Å²) in [6.45, 7) is 5.98. The Balaban J connectivity index is 1.44. The predicted octanol–water partition coefficient (Wildman–Crippen LogP) is 3.85. The van der Waals surface area contributed by atoms with Crippen molar-refractivity contribution in [3.63, 3.8) is 0 Å². The van der Waals surface area contributed by atoms with Crippen molar-refractivity contribution in [2.24, 2.45) is 5.92 Å². The van der Waals surface area contributed by atoms with Crippen LogP contribution in [0.15, 0.2) is 36.4 Å². The van der Waals surface area contributed by atoms with Crippen LogP contribution in [-0.4, -0.2) is 42.4 Å². The van der Waals surface area contributed by atoms with Crippen molar-refractivity contribution in [3.8, 4) is 0 Å². The summed E-state index contributed by atoms with van der Waals surface area (Å²) in [4.78, 5) is 38.5. The van der Waals surface area contributed by atoms with E-state index in [1.807, 2.05) is 39.0 Å². The Morgan fingerprint density at radius 3 is 2.39 bits per heavy atom. The summed E-state index contributed by atoms with van der Waals surface area (Å²) in [6, 6.07) is 8.55. The Bertz CT molecular complexity index is 1050. The van der Waals surface area contributed by atoms with Gasteiger partial charge in [0.15, 0.2) is 6.61 Å². The third-order valence-electron chi connectivity index (χ3n) is 6.03. The highest BCUT2D eigenvalue weighted by atomic mass is 19.1. The smallest absolute Gasteiger partial charge is 0.309 e. The number of ether oxygens (including phenoxy) is 1. The molecule has 1 aliphatic heterocycles. The Morgan fingerprint density at radius 1 is 1.06 bits per heavy atom. The summed E-state index contributed by atoms with van der Waals surface area (Å²) in [6.07, 6.45) is 0.683. The molecule has 2 amide bonds. The molecule has 1 N–H and O–H groups in total. The monoisotopic (exact) mass is 458 g/mol. The summed E-state index contributed by atoms with van der Waals surface area (Å²) in [5.41, 5.74) is 3.06. The zero-order valence-corrected chi connectivity index (χ0v) is 19.0. The highest BCUT2D eigenvalue weighted by Gasteiger charge is 2.30. The summed E-state index contributed by atoms with van der Waals surface area (Å²) >= 11 is 0. The number of rotatable bonds is 6. The summed E-state index contributed by atoms with van der Waals surface area (Å²) in [5, 5.41) is 2.82. The van der Waals surface area contributed by atoms with Gasteiger partial charge in [0.05, 0.1) is 17.5 Å². The molecule has 0 saturated carbocycles. The van der Waals surface area contributed by atoms with Crippen molar-refractivity contribution in [2.75, 3.05) is 19.7 Å². The molecule has 1 atom stereocenters. The Kier molecular flexibility index (Phi) is 7.79. The number of carbonyl (C=O) groups is 3. The number of benzene rings is 2. The lowest BCUT2D eigenvalue weighted by Crippen LogP contribution is -2.41. The van der Waals surface area contributed by atoms with Crippen LogP contribution in [0.1, 0.15) is 52.9 Å². The minimum Gasteiger partial charge on any atom is -0.455 e. The molecule has 6 nitrogen and oxygen atoms in total. The fraction of sp³-hybridized carbons (Fsp3) is 0.400. The third-order valence-corrected chi connectivity index (χ3v) is 6.03. The second-order valence-corrected chi connectivity index (χ2v) is 8.43. The molecule has 1 heterocycles. The molecule has 0 aromatic heterocycles. The topological polar surface area (TPSA) is 75.7 Å². The van der Waals surface area contributed by atoms with Crippen LogP contribution in [0.2, 0.25) is 0 Å². The number of likely N-dealkylation sites (tertiary alicyclic amines) is 1. The fourth-order valence-corrected chi connectivity index (χ4v) is 3.81. The van der Waals surface area contributed by atoms with E-state index in [2.05, 4.69) is 5.32 Å². The Hall–Kier alpha value is -3.29. The van der Waals surface area contributed by atoms with Gasteiger partial charge in [-0.3, -0.25) is 14.4 Å². The summed E-state index contributed by atoms with van der Waals surface area (Å²) in [5.74, 6) is -3.55. The maximum Gasteiger partial charge on any atom is 0.309 e. The van der Waals surface area contributed by atoms with E-state index in [1.165, 1.54) is 10.5 Å². The number of hydrogen-bond donors (Lipinski definition) is 1. The average Bonchev–Trinajstić information content (AvgIpc) is 2.79. The van der Waals surface area contributed by atoms with Gasteiger partial charge < -0.3 is 15.0 Å². The molecular weight excluding hydrogens is 430 g/mol. The second-order valence-electron chi connectivity index (χ2n) is 8.43. The van der Waals surface area contributed by atoms with E-state index in [9.17, 15) is 23.2 Å². The highest BCUT2D eigenvalue weighted by Crippen LogP contribution is 2.22. The number of amides is 2. The number of halogens is 2. The van der Waals surface area contributed by atoms with E-state index in [0.717, 1.165) is 23.3 Å². The molecule has 0 aliphatic carbocycles. The van der Waals surface area contributed by atoms with Crippen molar-refractivity contribution in [3.05, 3.63) is 70.3 Å². The summed E-state index contributed by atoms with van der Waals surface area (Å²) < 4.78 is 32.1. The van der Waals surface area contributed by atoms with Gasteiger partial charge in [0, 0.05) is 19.2 Å². The number of carbonyl (C=O) groups excluding carboxylic acids is 3. The number of piperidine rings is 1. The largest absolute Gasteiger partial charge is 0.455 e. The van der Waals surface area contributed by atoms with Gasteiger partial charge in [0.25, 0.3) is 11.8 Å². The van der Waals surface area contributed by atoms with Crippen LogP contribution < -0.4 is 5.32 Å². The van der Waals surface area contributed by atoms with Crippen molar-refractivity contribution < 1.29 is 27.9 Å². The summed E-state index contributed by atoms with van der Waals surface area (Å²) in [7, 11) is 0. The predicted molar refractivity (Wildman–Crippen MR) is 118 cm³/mol. The van der Waals surface area contributed by atoms with Crippen LogP contribution in [0.3, 0.4) is 0 Å². The minimum absolute atomic E-state index is 0.202. The highest BCUT2D eigenvalue weighted by molar-refractivity contribution is 5.94. The van der Waals surface area contributed by atoms with E-state index in [-0.39, 0.29) is 31.3 Å². The molecule has 176 valence electrons. The molecule has 1 fully saturated rings. The van der Waals surface area contributed by atoms with E-state index >= 15 is 0 Å². The van der Waals surface area contributed by atoms with Crippen molar-refractivity contribution in [1.29, 1.82) is 0 Å².